The zero-order chi connectivity index (χ0) is 16.9. The molecule has 0 fully saturated rings. The Morgan fingerprint density at radius 2 is 1.96 bits per heavy atom. The van der Waals surface area contributed by atoms with Crippen molar-refractivity contribution >= 4 is 29.5 Å². The van der Waals surface area contributed by atoms with Crippen molar-refractivity contribution in [3.05, 3.63) is 75.8 Å². The van der Waals surface area contributed by atoms with Crippen molar-refractivity contribution in [3.63, 3.8) is 0 Å². The molecule has 24 heavy (non-hydrogen) atoms. The molecule has 3 nitrogen and oxygen atoms in total. The Hall–Kier alpha value is -2.39. The Bertz CT molecular complexity index is 888. The summed E-state index contributed by atoms with van der Waals surface area (Å²) in [4.78, 5) is 24.9. The van der Waals surface area contributed by atoms with Crippen molar-refractivity contribution < 1.29 is 9.59 Å². The lowest BCUT2D eigenvalue weighted by Crippen LogP contribution is -2.38. The van der Waals surface area contributed by atoms with Gasteiger partial charge in [0, 0.05) is 16.6 Å². The minimum atomic E-state index is -0.776. The maximum absolute atomic E-state index is 13.1. The van der Waals surface area contributed by atoms with Crippen molar-refractivity contribution in [3.8, 4) is 0 Å². The Kier molecular flexibility index (Phi) is 3.36. The summed E-state index contributed by atoms with van der Waals surface area (Å²) in [6.45, 7) is 1.94. The third-order valence-electron chi connectivity index (χ3n) is 5.22. The van der Waals surface area contributed by atoms with Gasteiger partial charge in [-0.05, 0) is 42.2 Å². The lowest BCUT2D eigenvalue weighted by molar-refractivity contribution is -0.121. The number of anilines is 1. The molecule has 0 radical (unpaired) electrons. The van der Waals surface area contributed by atoms with E-state index >= 15 is 0 Å². The molecule has 2 aromatic carbocycles. The molecule has 1 spiro atoms. The summed E-state index contributed by atoms with van der Waals surface area (Å²) in [7, 11) is 0. The Labute approximate surface area is 145 Å². The van der Waals surface area contributed by atoms with E-state index in [2.05, 4.69) is 5.32 Å². The van der Waals surface area contributed by atoms with Gasteiger partial charge in [0.25, 0.3) is 0 Å². The van der Waals surface area contributed by atoms with E-state index in [1.54, 1.807) is 12.1 Å². The predicted octanol–water partition coefficient (Wildman–Crippen LogP) is 4.23. The van der Waals surface area contributed by atoms with Gasteiger partial charge in [0.2, 0.25) is 5.91 Å². The smallest absolute Gasteiger partial charge is 0.236 e. The Morgan fingerprint density at radius 3 is 2.67 bits per heavy atom. The molecule has 120 valence electrons. The molecular weight excluding hydrogens is 322 g/mol. The van der Waals surface area contributed by atoms with Crippen LogP contribution < -0.4 is 5.32 Å². The maximum Gasteiger partial charge on any atom is 0.236 e. The van der Waals surface area contributed by atoms with Crippen molar-refractivity contribution in [1.82, 2.24) is 0 Å². The summed E-state index contributed by atoms with van der Waals surface area (Å²) in [6.07, 6.45) is 1.45. The van der Waals surface area contributed by atoms with Gasteiger partial charge in [-0.25, -0.2) is 0 Å². The zero-order valence-electron chi connectivity index (χ0n) is 13.2. The van der Waals surface area contributed by atoms with Crippen LogP contribution in [0, 0.1) is 0 Å². The van der Waals surface area contributed by atoms with E-state index in [1.807, 2.05) is 43.3 Å². The van der Waals surface area contributed by atoms with Crippen LogP contribution >= 0.6 is 11.6 Å². The van der Waals surface area contributed by atoms with Crippen LogP contribution in [0.1, 0.15) is 30.4 Å². The van der Waals surface area contributed by atoms with Crippen LogP contribution in [0.15, 0.2) is 59.7 Å². The SMILES string of the molecule is CC1=C(C=O)[C@H](c2ccccc2)[C@@]2(C1)C(=O)Nc1cc(Cl)ccc12. The second kappa shape index (κ2) is 5.32. The average molecular weight is 338 g/mol. The lowest BCUT2D eigenvalue weighted by atomic mass is 9.68. The van der Waals surface area contributed by atoms with Gasteiger partial charge < -0.3 is 5.32 Å². The summed E-state index contributed by atoms with van der Waals surface area (Å²) in [5.41, 5.74) is 3.54. The first-order valence-corrected chi connectivity index (χ1v) is 8.27. The third kappa shape index (κ3) is 1.91. The topological polar surface area (TPSA) is 46.2 Å². The minimum Gasteiger partial charge on any atom is -0.325 e. The number of rotatable bonds is 2. The number of allylic oxidation sites excluding steroid dienone is 2. The van der Waals surface area contributed by atoms with Crippen molar-refractivity contribution in [1.29, 1.82) is 0 Å². The van der Waals surface area contributed by atoms with Gasteiger partial charge in [-0.15, -0.1) is 0 Å². The molecule has 0 bridgehead atoms. The van der Waals surface area contributed by atoms with E-state index in [1.165, 1.54) is 0 Å². The molecule has 4 heteroatoms. The number of carbonyl (C=O) groups is 2. The van der Waals surface area contributed by atoms with Gasteiger partial charge in [-0.3, -0.25) is 9.59 Å². The van der Waals surface area contributed by atoms with E-state index in [0.717, 1.165) is 28.7 Å². The van der Waals surface area contributed by atoms with Gasteiger partial charge in [-0.2, -0.15) is 0 Å². The Morgan fingerprint density at radius 1 is 1.21 bits per heavy atom. The molecule has 1 heterocycles. The molecule has 0 unspecified atom stereocenters. The second-order valence-corrected chi connectivity index (χ2v) is 6.93. The molecule has 1 aliphatic heterocycles. The van der Waals surface area contributed by atoms with Gasteiger partial charge in [0.05, 0.1) is 5.41 Å². The van der Waals surface area contributed by atoms with Crippen molar-refractivity contribution in [2.24, 2.45) is 0 Å². The molecule has 0 saturated carbocycles. The number of carbonyl (C=O) groups excluding carboxylic acids is 2. The molecule has 2 aromatic rings. The molecule has 1 N–H and O–H groups in total. The van der Waals surface area contributed by atoms with Crippen LogP contribution in [0.5, 0.6) is 0 Å². The first kappa shape index (κ1) is 15.2. The molecule has 1 aliphatic carbocycles. The fraction of sp³-hybridized carbons (Fsp3) is 0.200. The van der Waals surface area contributed by atoms with Crippen molar-refractivity contribution in [2.75, 3.05) is 5.32 Å². The number of amides is 1. The number of benzene rings is 2. The molecule has 1 amide bonds. The molecular formula is C20H16ClNO2. The van der Waals surface area contributed by atoms with Crippen LogP contribution in [-0.4, -0.2) is 12.2 Å². The number of fused-ring (bicyclic) bond motifs is 2. The van der Waals surface area contributed by atoms with Gasteiger partial charge in [0.15, 0.2) is 0 Å². The van der Waals surface area contributed by atoms with E-state index < -0.39 is 5.41 Å². The first-order valence-electron chi connectivity index (χ1n) is 7.89. The highest BCUT2D eigenvalue weighted by Crippen LogP contribution is 2.58. The zero-order valence-corrected chi connectivity index (χ0v) is 13.9. The highest BCUT2D eigenvalue weighted by molar-refractivity contribution is 6.31. The summed E-state index contributed by atoms with van der Waals surface area (Å²) >= 11 is 6.09. The number of nitrogens with one attached hydrogen (secondary N) is 1. The number of hydrogen-bond acceptors (Lipinski definition) is 2. The van der Waals surface area contributed by atoms with Crippen molar-refractivity contribution in [2.45, 2.75) is 24.7 Å². The van der Waals surface area contributed by atoms with Gasteiger partial charge in [-0.1, -0.05) is 53.6 Å². The maximum atomic E-state index is 13.1. The number of halogens is 1. The fourth-order valence-electron chi connectivity index (χ4n) is 4.24. The average Bonchev–Trinajstić information content (AvgIpc) is 3.02. The third-order valence-corrected chi connectivity index (χ3v) is 5.45. The summed E-state index contributed by atoms with van der Waals surface area (Å²) in [5, 5.41) is 3.55. The first-order chi connectivity index (χ1) is 11.6. The number of aldehydes is 1. The van der Waals surface area contributed by atoms with E-state index in [9.17, 15) is 9.59 Å². The van der Waals surface area contributed by atoms with Gasteiger partial charge >= 0.3 is 0 Å². The van der Waals surface area contributed by atoms with E-state index in [0.29, 0.717) is 17.0 Å². The summed E-state index contributed by atoms with van der Waals surface area (Å²) in [6, 6.07) is 15.3. The molecule has 4 rings (SSSR count). The standard InChI is InChI=1S/C20H16ClNO2/c1-12-10-20(16-8-7-14(21)9-17(16)22-19(20)24)18(15(12)11-23)13-5-3-2-4-6-13/h2-9,11,18H,10H2,1H3,(H,22,24)/t18-,20-/m0/s1. The lowest BCUT2D eigenvalue weighted by Gasteiger charge is -2.31. The summed E-state index contributed by atoms with van der Waals surface area (Å²) < 4.78 is 0. The van der Waals surface area contributed by atoms with Crippen LogP contribution in [0.4, 0.5) is 5.69 Å². The van der Waals surface area contributed by atoms with E-state index in [4.69, 9.17) is 11.6 Å². The molecule has 2 atom stereocenters. The van der Waals surface area contributed by atoms with E-state index in [-0.39, 0.29) is 11.8 Å². The monoisotopic (exact) mass is 337 g/mol. The highest BCUT2D eigenvalue weighted by atomic mass is 35.5. The fourth-order valence-corrected chi connectivity index (χ4v) is 4.41. The Balaban J connectivity index is 1.98. The van der Waals surface area contributed by atoms with Crippen LogP contribution in [0.3, 0.4) is 0 Å². The number of hydrogen-bond donors (Lipinski definition) is 1. The van der Waals surface area contributed by atoms with Crippen LogP contribution in [0.2, 0.25) is 5.02 Å². The van der Waals surface area contributed by atoms with Crippen LogP contribution in [0.25, 0.3) is 0 Å². The molecule has 0 aromatic heterocycles. The quantitative estimate of drug-likeness (QED) is 0.833. The second-order valence-electron chi connectivity index (χ2n) is 6.49. The highest BCUT2D eigenvalue weighted by Gasteiger charge is 2.57. The largest absolute Gasteiger partial charge is 0.325 e. The van der Waals surface area contributed by atoms with Crippen LogP contribution in [-0.2, 0) is 15.0 Å². The normalized spacial score (nSPS) is 25.1. The van der Waals surface area contributed by atoms with Gasteiger partial charge in [0.1, 0.15) is 6.29 Å². The predicted molar refractivity (Wildman–Crippen MR) is 94.3 cm³/mol. The summed E-state index contributed by atoms with van der Waals surface area (Å²) in [5.74, 6) is -0.344. The molecule has 2 aliphatic rings. The molecule has 0 saturated heterocycles. The minimum absolute atomic E-state index is 0.0650.